The largest absolute Gasteiger partial charge is 0.472 e. The molecule has 0 saturated carbocycles. The number of alkyl halides is 3. The SMILES string of the molecule is CCCCCCOP(=O)(O)OCC(F)(F)F. The molecule has 1 atom stereocenters. The molecule has 0 rings (SSSR count). The Balaban J connectivity index is 3.67. The Bertz CT molecular complexity index is 232. The van der Waals surface area contributed by atoms with Crippen molar-refractivity contribution in [1.82, 2.24) is 0 Å². The van der Waals surface area contributed by atoms with Gasteiger partial charge in [-0.05, 0) is 6.42 Å². The van der Waals surface area contributed by atoms with Crippen LogP contribution in [-0.2, 0) is 13.6 Å². The molecule has 0 fully saturated rings. The van der Waals surface area contributed by atoms with Crippen molar-refractivity contribution in [3.05, 3.63) is 0 Å². The second-order valence-electron chi connectivity index (χ2n) is 3.25. The van der Waals surface area contributed by atoms with Crippen molar-refractivity contribution in [3.63, 3.8) is 0 Å². The summed E-state index contributed by atoms with van der Waals surface area (Å²) in [6.45, 7) is 0.131. The smallest absolute Gasteiger partial charge is 0.302 e. The maximum atomic E-state index is 11.7. The number of unbranched alkanes of at least 4 members (excludes halogenated alkanes) is 3. The van der Waals surface area contributed by atoms with Crippen LogP contribution in [-0.4, -0.2) is 24.3 Å². The Morgan fingerprint density at radius 3 is 2.31 bits per heavy atom. The maximum absolute atomic E-state index is 11.7. The second-order valence-corrected chi connectivity index (χ2v) is 4.70. The Morgan fingerprint density at radius 2 is 1.81 bits per heavy atom. The van der Waals surface area contributed by atoms with Gasteiger partial charge in [-0.15, -0.1) is 0 Å². The molecule has 1 unspecified atom stereocenters. The van der Waals surface area contributed by atoms with Crippen LogP contribution >= 0.6 is 7.82 Å². The molecule has 0 saturated heterocycles. The molecule has 0 bridgehead atoms. The summed E-state index contributed by atoms with van der Waals surface area (Å²) in [6, 6.07) is 0. The number of hydrogen-bond acceptors (Lipinski definition) is 3. The van der Waals surface area contributed by atoms with E-state index in [0.29, 0.717) is 6.42 Å². The lowest BCUT2D eigenvalue weighted by Crippen LogP contribution is -2.16. The van der Waals surface area contributed by atoms with Gasteiger partial charge in [0.2, 0.25) is 0 Å². The number of phosphoric acid groups is 1. The zero-order valence-corrected chi connectivity index (χ0v) is 9.89. The lowest BCUT2D eigenvalue weighted by Gasteiger charge is -2.13. The first-order chi connectivity index (χ1) is 7.27. The van der Waals surface area contributed by atoms with Gasteiger partial charge >= 0.3 is 14.0 Å². The van der Waals surface area contributed by atoms with E-state index in [1.807, 2.05) is 6.92 Å². The van der Waals surface area contributed by atoms with E-state index in [9.17, 15) is 17.7 Å². The molecule has 0 radical (unpaired) electrons. The van der Waals surface area contributed by atoms with E-state index in [2.05, 4.69) is 9.05 Å². The molecular formula is C8H16F3O4P. The zero-order valence-electron chi connectivity index (χ0n) is 9.00. The molecule has 98 valence electrons. The van der Waals surface area contributed by atoms with Crippen LogP contribution in [0.5, 0.6) is 0 Å². The van der Waals surface area contributed by atoms with Gasteiger partial charge in [0.1, 0.15) is 0 Å². The molecule has 0 amide bonds. The van der Waals surface area contributed by atoms with Crippen molar-refractivity contribution in [2.75, 3.05) is 13.2 Å². The third-order valence-corrected chi connectivity index (χ3v) is 2.61. The average molecular weight is 264 g/mol. The molecule has 0 aliphatic heterocycles. The Hall–Kier alpha value is -0.100. The van der Waals surface area contributed by atoms with E-state index in [4.69, 9.17) is 4.89 Å². The first kappa shape index (κ1) is 15.9. The number of hydrogen-bond donors (Lipinski definition) is 1. The molecule has 0 aromatic heterocycles. The van der Waals surface area contributed by atoms with Gasteiger partial charge < -0.3 is 4.89 Å². The molecule has 8 heteroatoms. The standard InChI is InChI=1S/C8H16F3O4P/c1-2-3-4-5-6-14-16(12,13)15-7-8(9,10)11/h2-7H2,1H3,(H,12,13). The molecular weight excluding hydrogens is 248 g/mol. The van der Waals surface area contributed by atoms with E-state index in [-0.39, 0.29) is 6.61 Å². The summed E-state index contributed by atoms with van der Waals surface area (Å²) in [4.78, 5) is 8.85. The summed E-state index contributed by atoms with van der Waals surface area (Å²) in [5.41, 5.74) is 0. The van der Waals surface area contributed by atoms with Gasteiger partial charge in [0.15, 0.2) is 6.61 Å². The van der Waals surface area contributed by atoms with Crippen LogP contribution in [0.2, 0.25) is 0 Å². The maximum Gasteiger partial charge on any atom is 0.472 e. The second kappa shape index (κ2) is 7.27. The van der Waals surface area contributed by atoms with Crippen LogP contribution in [0.3, 0.4) is 0 Å². The number of rotatable bonds is 8. The first-order valence-corrected chi connectivity index (χ1v) is 6.45. The molecule has 0 heterocycles. The topological polar surface area (TPSA) is 55.8 Å². The van der Waals surface area contributed by atoms with Crippen molar-refractivity contribution in [2.45, 2.75) is 38.8 Å². The van der Waals surface area contributed by atoms with Crippen LogP contribution in [0.1, 0.15) is 32.6 Å². The fourth-order valence-electron chi connectivity index (χ4n) is 0.901. The molecule has 0 aromatic carbocycles. The highest BCUT2D eigenvalue weighted by molar-refractivity contribution is 7.47. The van der Waals surface area contributed by atoms with Gasteiger partial charge in [-0.1, -0.05) is 26.2 Å². The predicted octanol–water partition coefficient (Wildman–Crippen LogP) is 3.26. The first-order valence-electron chi connectivity index (χ1n) is 4.95. The summed E-state index contributed by atoms with van der Waals surface area (Å²) >= 11 is 0. The normalized spacial score (nSPS) is 16.1. The molecule has 16 heavy (non-hydrogen) atoms. The van der Waals surface area contributed by atoms with Gasteiger partial charge in [-0.25, -0.2) is 4.57 Å². The van der Waals surface area contributed by atoms with E-state index < -0.39 is 20.6 Å². The summed E-state index contributed by atoms with van der Waals surface area (Å²) in [5.74, 6) is 0. The van der Waals surface area contributed by atoms with Crippen LogP contribution in [0, 0.1) is 0 Å². The van der Waals surface area contributed by atoms with Crippen molar-refractivity contribution >= 4 is 7.82 Å². The third kappa shape index (κ3) is 10.4. The molecule has 0 aliphatic rings. The van der Waals surface area contributed by atoms with E-state index >= 15 is 0 Å². The van der Waals surface area contributed by atoms with Gasteiger partial charge in [0.05, 0.1) is 6.61 Å². The fourth-order valence-corrected chi connectivity index (χ4v) is 1.64. The van der Waals surface area contributed by atoms with Crippen molar-refractivity contribution in [1.29, 1.82) is 0 Å². The highest BCUT2D eigenvalue weighted by Crippen LogP contribution is 2.44. The minimum absolute atomic E-state index is 0.0777. The van der Waals surface area contributed by atoms with Crippen LogP contribution in [0.15, 0.2) is 0 Å². The summed E-state index contributed by atoms with van der Waals surface area (Å²) < 4.78 is 54.0. The third-order valence-electron chi connectivity index (χ3n) is 1.64. The van der Waals surface area contributed by atoms with Crippen molar-refractivity contribution in [2.24, 2.45) is 0 Å². The van der Waals surface area contributed by atoms with Gasteiger partial charge in [0, 0.05) is 0 Å². The van der Waals surface area contributed by atoms with Gasteiger partial charge in [-0.3, -0.25) is 9.05 Å². The van der Waals surface area contributed by atoms with Crippen molar-refractivity contribution in [3.8, 4) is 0 Å². The van der Waals surface area contributed by atoms with Crippen LogP contribution in [0.4, 0.5) is 13.2 Å². The average Bonchev–Trinajstić information content (AvgIpc) is 2.14. The number of halogens is 3. The molecule has 0 spiro atoms. The Morgan fingerprint density at radius 1 is 1.19 bits per heavy atom. The van der Waals surface area contributed by atoms with Crippen molar-refractivity contribution < 1.29 is 31.7 Å². The highest BCUT2D eigenvalue weighted by Gasteiger charge is 2.33. The highest BCUT2D eigenvalue weighted by atomic mass is 31.2. The Kier molecular flexibility index (Phi) is 7.22. The summed E-state index contributed by atoms with van der Waals surface area (Å²) in [6.07, 6.45) is -1.38. The van der Waals surface area contributed by atoms with E-state index in [1.165, 1.54) is 0 Å². The predicted molar refractivity (Wildman–Crippen MR) is 51.9 cm³/mol. The van der Waals surface area contributed by atoms with Gasteiger partial charge in [-0.2, -0.15) is 13.2 Å². The minimum Gasteiger partial charge on any atom is -0.302 e. The lowest BCUT2D eigenvalue weighted by molar-refractivity contribution is -0.157. The Labute approximate surface area is 92.4 Å². The summed E-state index contributed by atoms with van der Waals surface area (Å²) in [7, 11) is -4.56. The molecule has 4 nitrogen and oxygen atoms in total. The molecule has 0 aromatic rings. The van der Waals surface area contributed by atoms with Gasteiger partial charge in [0.25, 0.3) is 0 Å². The summed E-state index contributed by atoms with van der Waals surface area (Å²) in [5, 5.41) is 0. The molecule has 1 N–H and O–H groups in total. The van der Waals surface area contributed by atoms with Crippen LogP contribution < -0.4 is 0 Å². The fraction of sp³-hybridized carbons (Fsp3) is 1.00. The zero-order chi connectivity index (χ0) is 12.7. The monoisotopic (exact) mass is 264 g/mol. The molecule has 0 aliphatic carbocycles. The minimum atomic E-state index is -4.63. The van der Waals surface area contributed by atoms with Crippen LogP contribution in [0.25, 0.3) is 0 Å². The quantitative estimate of drug-likeness (QED) is 0.540. The van der Waals surface area contributed by atoms with E-state index in [0.717, 1.165) is 19.3 Å². The van der Waals surface area contributed by atoms with E-state index in [1.54, 1.807) is 0 Å². The number of phosphoric ester groups is 1. The lowest BCUT2D eigenvalue weighted by atomic mass is 10.2.